The largest absolute Gasteiger partial charge is 0.353 e. The summed E-state index contributed by atoms with van der Waals surface area (Å²) < 4.78 is 5.12. The number of hydrogen-bond donors (Lipinski definition) is 0. The molecule has 0 spiro atoms. The van der Waals surface area contributed by atoms with Crippen LogP contribution in [0.1, 0.15) is 36.3 Å². The zero-order valence-corrected chi connectivity index (χ0v) is 18.3. The second-order valence-corrected chi connectivity index (χ2v) is 9.23. The first kappa shape index (κ1) is 18.9. The number of aryl methyl sites for hydroxylation is 1. The van der Waals surface area contributed by atoms with Crippen molar-refractivity contribution in [2.24, 2.45) is 0 Å². The van der Waals surface area contributed by atoms with Crippen LogP contribution in [0.4, 0.5) is 5.82 Å². The van der Waals surface area contributed by atoms with Crippen LogP contribution in [0.2, 0.25) is 0 Å². The van der Waals surface area contributed by atoms with Gasteiger partial charge in [-0.1, -0.05) is 35.5 Å². The number of rotatable bonds is 5. The third-order valence-electron chi connectivity index (χ3n) is 6.07. The smallest absolute Gasteiger partial charge is 0.223 e. The fraction of sp³-hybridized carbons (Fsp3) is 0.391. The van der Waals surface area contributed by atoms with E-state index in [0.29, 0.717) is 11.8 Å². The molecule has 1 saturated heterocycles. The van der Waals surface area contributed by atoms with Gasteiger partial charge in [-0.25, -0.2) is 9.97 Å². The van der Waals surface area contributed by atoms with Gasteiger partial charge in [-0.2, -0.15) is 4.98 Å². The van der Waals surface area contributed by atoms with Crippen LogP contribution in [0.3, 0.4) is 0 Å². The van der Waals surface area contributed by atoms with Crippen LogP contribution >= 0.6 is 11.3 Å². The third kappa shape index (κ3) is 3.70. The third-order valence-corrected chi connectivity index (χ3v) is 6.94. The molecule has 1 aromatic carbocycles. The van der Waals surface area contributed by atoms with Gasteiger partial charge in [-0.3, -0.25) is 4.90 Å². The molecule has 0 N–H and O–H groups in total. The highest BCUT2D eigenvalue weighted by Crippen LogP contribution is 2.43. The second kappa shape index (κ2) is 7.69. The molecule has 7 nitrogen and oxygen atoms in total. The second-order valence-electron chi connectivity index (χ2n) is 8.37. The van der Waals surface area contributed by atoms with Crippen molar-refractivity contribution in [3.63, 3.8) is 0 Å². The highest BCUT2D eigenvalue weighted by atomic mass is 32.1. The predicted molar refractivity (Wildman–Crippen MR) is 121 cm³/mol. The molecule has 3 aromatic heterocycles. The molecule has 0 radical (unpaired) electrons. The van der Waals surface area contributed by atoms with Gasteiger partial charge in [-0.05, 0) is 18.4 Å². The maximum absolute atomic E-state index is 5.12. The Bertz CT molecular complexity index is 1210. The Labute approximate surface area is 184 Å². The minimum Gasteiger partial charge on any atom is -0.353 e. The molecule has 4 aromatic rings. The predicted octanol–water partition coefficient (Wildman–Crippen LogP) is 4.25. The molecular weight excluding hydrogens is 408 g/mol. The Morgan fingerprint density at radius 2 is 1.84 bits per heavy atom. The van der Waals surface area contributed by atoms with Crippen LogP contribution in [0.15, 0.2) is 40.2 Å². The van der Waals surface area contributed by atoms with E-state index in [9.17, 15) is 0 Å². The van der Waals surface area contributed by atoms with Crippen molar-refractivity contribution in [3.05, 3.63) is 53.3 Å². The van der Waals surface area contributed by atoms with Crippen molar-refractivity contribution < 1.29 is 4.52 Å². The van der Waals surface area contributed by atoms with E-state index in [2.05, 4.69) is 55.7 Å². The number of thiophene rings is 1. The van der Waals surface area contributed by atoms with Crippen molar-refractivity contribution in [3.8, 4) is 11.1 Å². The Morgan fingerprint density at radius 3 is 2.55 bits per heavy atom. The van der Waals surface area contributed by atoms with Crippen LogP contribution < -0.4 is 4.90 Å². The fourth-order valence-electron chi connectivity index (χ4n) is 4.25. The molecule has 4 heterocycles. The van der Waals surface area contributed by atoms with Gasteiger partial charge in [-0.15, -0.1) is 11.3 Å². The first-order chi connectivity index (χ1) is 15.2. The average molecular weight is 433 g/mol. The highest BCUT2D eigenvalue weighted by Gasteiger charge is 2.30. The molecule has 0 atom stereocenters. The van der Waals surface area contributed by atoms with Gasteiger partial charge in [0.05, 0.1) is 11.9 Å². The molecule has 0 amide bonds. The number of hydrogen-bond acceptors (Lipinski definition) is 8. The van der Waals surface area contributed by atoms with Gasteiger partial charge in [0.2, 0.25) is 5.89 Å². The molecule has 6 rings (SSSR count). The lowest BCUT2D eigenvalue weighted by molar-refractivity contribution is 0.239. The summed E-state index contributed by atoms with van der Waals surface area (Å²) in [6.45, 7) is 6.31. The number of fused-ring (bicyclic) bond motifs is 1. The van der Waals surface area contributed by atoms with E-state index in [0.717, 1.165) is 55.0 Å². The summed E-state index contributed by atoms with van der Waals surface area (Å²) in [4.78, 5) is 20.3. The number of piperazine rings is 1. The minimum absolute atomic E-state index is 0.535. The fourth-order valence-corrected chi connectivity index (χ4v) is 5.19. The van der Waals surface area contributed by atoms with E-state index < -0.39 is 0 Å². The molecule has 8 heteroatoms. The SMILES string of the molecule is Cc1nc(CN2CCN(c3nc(C4CC4)nc4scc(-c5ccccc5)c34)CC2)no1. The van der Waals surface area contributed by atoms with Crippen molar-refractivity contribution in [1.29, 1.82) is 0 Å². The standard InChI is InChI=1S/C23H24N6OS/c1-15-24-19(27-30-15)13-28-9-11-29(12-10-28)22-20-18(16-5-3-2-4-6-16)14-31-23(20)26-21(25-22)17-7-8-17/h2-6,14,17H,7-13H2,1H3. The molecule has 31 heavy (non-hydrogen) atoms. The van der Waals surface area contributed by atoms with Gasteiger partial charge < -0.3 is 9.42 Å². The summed E-state index contributed by atoms with van der Waals surface area (Å²) >= 11 is 1.74. The Hall–Kier alpha value is -2.84. The quantitative estimate of drug-likeness (QED) is 0.467. The first-order valence-electron chi connectivity index (χ1n) is 10.9. The van der Waals surface area contributed by atoms with Crippen molar-refractivity contribution in [2.75, 3.05) is 31.1 Å². The number of nitrogens with zero attached hydrogens (tertiary/aromatic N) is 6. The molecule has 1 aliphatic heterocycles. The van der Waals surface area contributed by atoms with Gasteiger partial charge in [0.1, 0.15) is 16.5 Å². The summed E-state index contributed by atoms with van der Waals surface area (Å²) in [5, 5.41) is 7.48. The minimum atomic E-state index is 0.535. The molecule has 0 unspecified atom stereocenters. The molecule has 2 aliphatic rings. The lowest BCUT2D eigenvalue weighted by Crippen LogP contribution is -2.46. The topological polar surface area (TPSA) is 71.2 Å². The average Bonchev–Trinajstić information content (AvgIpc) is 3.45. The molecular formula is C23H24N6OS. The van der Waals surface area contributed by atoms with Crippen molar-refractivity contribution in [1.82, 2.24) is 25.0 Å². The van der Waals surface area contributed by atoms with E-state index in [4.69, 9.17) is 14.5 Å². The Morgan fingerprint density at radius 1 is 1.03 bits per heavy atom. The van der Waals surface area contributed by atoms with E-state index >= 15 is 0 Å². The van der Waals surface area contributed by atoms with Gasteiger partial charge in [0.15, 0.2) is 5.82 Å². The zero-order chi connectivity index (χ0) is 20.8. The lowest BCUT2D eigenvalue weighted by Gasteiger charge is -2.35. The Kier molecular flexibility index (Phi) is 4.69. The van der Waals surface area contributed by atoms with E-state index in [1.807, 2.05) is 6.92 Å². The Balaban J connectivity index is 1.32. The van der Waals surface area contributed by atoms with Crippen molar-refractivity contribution in [2.45, 2.75) is 32.2 Å². The van der Waals surface area contributed by atoms with Crippen LogP contribution in [-0.2, 0) is 6.54 Å². The van der Waals surface area contributed by atoms with E-state index in [1.54, 1.807) is 11.3 Å². The summed E-state index contributed by atoms with van der Waals surface area (Å²) in [5.41, 5.74) is 2.46. The summed E-state index contributed by atoms with van der Waals surface area (Å²) in [5.74, 6) is 4.04. The monoisotopic (exact) mass is 432 g/mol. The zero-order valence-electron chi connectivity index (χ0n) is 17.5. The maximum Gasteiger partial charge on any atom is 0.223 e. The van der Waals surface area contributed by atoms with E-state index in [-0.39, 0.29) is 0 Å². The van der Waals surface area contributed by atoms with Crippen LogP contribution in [0, 0.1) is 6.92 Å². The molecule has 2 fully saturated rings. The van der Waals surface area contributed by atoms with Crippen LogP contribution in [-0.4, -0.2) is 51.2 Å². The first-order valence-corrected chi connectivity index (χ1v) is 11.7. The maximum atomic E-state index is 5.12. The number of anilines is 1. The normalized spacial score (nSPS) is 17.5. The van der Waals surface area contributed by atoms with E-state index in [1.165, 1.54) is 29.4 Å². The van der Waals surface area contributed by atoms with Gasteiger partial charge in [0, 0.05) is 50.0 Å². The van der Waals surface area contributed by atoms with Crippen LogP contribution in [0.25, 0.3) is 21.3 Å². The number of benzene rings is 1. The van der Waals surface area contributed by atoms with Gasteiger partial charge in [0.25, 0.3) is 0 Å². The molecule has 0 bridgehead atoms. The van der Waals surface area contributed by atoms with Gasteiger partial charge >= 0.3 is 0 Å². The number of aromatic nitrogens is 4. The summed E-state index contributed by atoms with van der Waals surface area (Å²) in [6.07, 6.45) is 2.42. The highest BCUT2D eigenvalue weighted by molar-refractivity contribution is 7.17. The molecule has 1 aliphatic carbocycles. The van der Waals surface area contributed by atoms with Crippen LogP contribution in [0.5, 0.6) is 0 Å². The summed E-state index contributed by atoms with van der Waals surface area (Å²) in [6, 6.07) is 10.6. The summed E-state index contributed by atoms with van der Waals surface area (Å²) in [7, 11) is 0. The molecule has 158 valence electrons. The molecule has 1 saturated carbocycles. The van der Waals surface area contributed by atoms with Crippen molar-refractivity contribution >= 4 is 27.4 Å². The lowest BCUT2D eigenvalue weighted by atomic mass is 10.1.